The maximum absolute atomic E-state index is 10.1. The van der Waals surface area contributed by atoms with Gasteiger partial charge in [0.05, 0.1) is 17.7 Å². The molecule has 1 atom stereocenters. The molecule has 0 spiro atoms. The monoisotopic (exact) mass is 274 g/mol. The van der Waals surface area contributed by atoms with Crippen LogP contribution in [0.15, 0.2) is 24.3 Å². The Kier molecular flexibility index (Phi) is 6.70. The summed E-state index contributed by atoms with van der Waals surface area (Å²) in [5.41, 5.74) is 1.47. The number of nitriles is 1. The number of aliphatic hydroxyl groups excluding tert-OH is 1. The van der Waals surface area contributed by atoms with Crippen molar-refractivity contribution in [1.29, 1.82) is 5.26 Å². The third-order valence-electron chi connectivity index (χ3n) is 3.85. The lowest BCUT2D eigenvalue weighted by molar-refractivity contribution is 0.166. The van der Waals surface area contributed by atoms with Gasteiger partial charge in [0.2, 0.25) is 0 Å². The van der Waals surface area contributed by atoms with Crippen molar-refractivity contribution in [3.8, 4) is 6.07 Å². The summed E-state index contributed by atoms with van der Waals surface area (Å²) in [6.07, 6.45) is -0.525. The van der Waals surface area contributed by atoms with E-state index in [1.54, 1.807) is 12.1 Å². The number of benzene rings is 1. The van der Waals surface area contributed by atoms with E-state index in [1.165, 1.54) is 0 Å². The van der Waals surface area contributed by atoms with Crippen molar-refractivity contribution in [3.05, 3.63) is 35.4 Å². The normalized spacial score (nSPS) is 12.9. The lowest BCUT2D eigenvalue weighted by Crippen LogP contribution is -2.32. The van der Waals surface area contributed by atoms with Gasteiger partial charge in [-0.3, -0.25) is 0 Å². The van der Waals surface area contributed by atoms with Crippen molar-refractivity contribution < 1.29 is 5.11 Å². The van der Waals surface area contributed by atoms with E-state index in [0.29, 0.717) is 29.9 Å². The molecule has 0 aliphatic rings. The lowest BCUT2D eigenvalue weighted by atomic mass is 9.85. The second-order valence-electron chi connectivity index (χ2n) is 6.06. The molecule has 110 valence electrons. The zero-order valence-corrected chi connectivity index (χ0v) is 12.9. The van der Waals surface area contributed by atoms with Gasteiger partial charge < -0.3 is 10.4 Å². The van der Waals surface area contributed by atoms with E-state index in [1.807, 2.05) is 12.1 Å². The fourth-order valence-corrected chi connectivity index (χ4v) is 2.53. The molecule has 20 heavy (non-hydrogen) atoms. The van der Waals surface area contributed by atoms with Crippen LogP contribution in [-0.2, 0) is 0 Å². The van der Waals surface area contributed by atoms with Gasteiger partial charge in [-0.05, 0) is 42.0 Å². The summed E-state index contributed by atoms with van der Waals surface area (Å²) in [6, 6.07) is 9.18. The van der Waals surface area contributed by atoms with Crippen LogP contribution >= 0.6 is 0 Å². The quantitative estimate of drug-likeness (QED) is 0.803. The molecule has 0 radical (unpaired) electrons. The van der Waals surface area contributed by atoms with E-state index in [4.69, 9.17) is 5.26 Å². The van der Waals surface area contributed by atoms with Crippen LogP contribution in [0.3, 0.4) is 0 Å². The summed E-state index contributed by atoms with van der Waals surface area (Å²) < 4.78 is 0. The molecule has 3 nitrogen and oxygen atoms in total. The van der Waals surface area contributed by atoms with Crippen LogP contribution in [0, 0.1) is 29.1 Å². The predicted octanol–water partition coefficient (Wildman–Crippen LogP) is 3.11. The highest BCUT2D eigenvalue weighted by Crippen LogP contribution is 2.20. The minimum absolute atomic E-state index is 0.525. The van der Waals surface area contributed by atoms with Crippen molar-refractivity contribution in [2.24, 2.45) is 17.8 Å². The Morgan fingerprint density at radius 2 is 1.60 bits per heavy atom. The summed E-state index contributed by atoms with van der Waals surface area (Å²) in [5, 5.41) is 22.2. The first-order valence-corrected chi connectivity index (χ1v) is 7.34. The largest absolute Gasteiger partial charge is 0.387 e. The number of hydrogen-bond donors (Lipinski definition) is 2. The zero-order valence-electron chi connectivity index (χ0n) is 12.9. The number of nitrogens with one attached hydrogen (secondary N) is 1. The summed E-state index contributed by atoms with van der Waals surface area (Å²) in [7, 11) is 0. The standard InChI is InChI=1S/C17H26N2O/c1-12(2)16(13(3)4)10-19-11-17(20)15-7-5-14(9-18)6-8-15/h5-8,12-13,16-17,19-20H,10-11H2,1-4H3. The molecule has 1 aromatic rings. The predicted molar refractivity (Wildman–Crippen MR) is 82.2 cm³/mol. The van der Waals surface area contributed by atoms with Crippen molar-refractivity contribution in [1.82, 2.24) is 5.32 Å². The molecular formula is C17H26N2O. The van der Waals surface area contributed by atoms with Crippen LogP contribution in [0.1, 0.15) is 44.9 Å². The van der Waals surface area contributed by atoms with Crippen molar-refractivity contribution in [3.63, 3.8) is 0 Å². The summed E-state index contributed by atoms with van der Waals surface area (Å²) in [6.45, 7) is 10.4. The molecule has 0 fully saturated rings. The SMILES string of the molecule is CC(C)C(CNCC(O)c1ccc(C#N)cc1)C(C)C. The van der Waals surface area contributed by atoms with Crippen molar-refractivity contribution in [2.75, 3.05) is 13.1 Å². The van der Waals surface area contributed by atoms with Crippen molar-refractivity contribution >= 4 is 0 Å². The number of nitrogens with zero attached hydrogens (tertiary/aromatic N) is 1. The molecule has 0 aromatic heterocycles. The van der Waals surface area contributed by atoms with Gasteiger partial charge in [-0.1, -0.05) is 39.8 Å². The summed E-state index contributed by atoms with van der Waals surface area (Å²) >= 11 is 0. The molecule has 0 bridgehead atoms. The second-order valence-corrected chi connectivity index (χ2v) is 6.06. The van der Waals surface area contributed by atoms with Gasteiger partial charge in [0.1, 0.15) is 0 Å². The topological polar surface area (TPSA) is 56.0 Å². The lowest BCUT2D eigenvalue weighted by Gasteiger charge is -2.25. The molecule has 1 aromatic carbocycles. The van der Waals surface area contributed by atoms with Gasteiger partial charge in [0.15, 0.2) is 0 Å². The van der Waals surface area contributed by atoms with E-state index >= 15 is 0 Å². The highest BCUT2D eigenvalue weighted by atomic mass is 16.3. The van der Waals surface area contributed by atoms with Gasteiger partial charge in [0, 0.05) is 6.54 Å². The van der Waals surface area contributed by atoms with E-state index in [9.17, 15) is 5.11 Å². The number of hydrogen-bond acceptors (Lipinski definition) is 3. The van der Waals surface area contributed by atoms with Gasteiger partial charge >= 0.3 is 0 Å². The molecule has 2 N–H and O–H groups in total. The molecule has 0 saturated carbocycles. The van der Waals surface area contributed by atoms with Gasteiger partial charge in [0.25, 0.3) is 0 Å². The second kappa shape index (κ2) is 8.04. The van der Waals surface area contributed by atoms with E-state index in [0.717, 1.165) is 12.1 Å². The Labute approximate surface area is 122 Å². The highest BCUT2D eigenvalue weighted by molar-refractivity contribution is 5.32. The Balaban J connectivity index is 2.46. The van der Waals surface area contributed by atoms with Crippen LogP contribution in [-0.4, -0.2) is 18.2 Å². The first-order chi connectivity index (χ1) is 9.45. The third-order valence-corrected chi connectivity index (χ3v) is 3.85. The number of rotatable bonds is 7. The highest BCUT2D eigenvalue weighted by Gasteiger charge is 2.17. The molecule has 0 amide bonds. The first kappa shape index (κ1) is 16.7. The minimum Gasteiger partial charge on any atom is -0.387 e. The van der Waals surface area contributed by atoms with E-state index < -0.39 is 6.10 Å². The van der Waals surface area contributed by atoms with Crippen LogP contribution in [0.25, 0.3) is 0 Å². The molecule has 0 saturated heterocycles. The van der Waals surface area contributed by atoms with Gasteiger partial charge in [-0.15, -0.1) is 0 Å². The molecule has 0 aliphatic heterocycles. The van der Waals surface area contributed by atoms with Gasteiger partial charge in [-0.2, -0.15) is 5.26 Å². The zero-order chi connectivity index (χ0) is 15.1. The molecular weight excluding hydrogens is 248 g/mol. The van der Waals surface area contributed by atoms with E-state index in [-0.39, 0.29) is 0 Å². The fourth-order valence-electron chi connectivity index (χ4n) is 2.53. The molecule has 0 heterocycles. The minimum atomic E-state index is -0.525. The molecule has 0 aliphatic carbocycles. The third kappa shape index (κ3) is 4.96. The maximum Gasteiger partial charge on any atom is 0.0991 e. The van der Waals surface area contributed by atoms with Gasteiger partial charge in [-0.25, -0.2) is 0 Å². The van der Waals surface area contributed by atoms with Crippen LogP contribution in [0.5, 0.6) is 0 Å². The van der Waals surface area contributed by atoms with E-state index in [2.05, 4.69) is 39.1 Å². The Hall–Kier alpha value is -1.37. The average molecular weight is 274 g/mol. The van der Waals surface area contributed by atoms with Crippen molar-refractivity contribution in [2.45, 2.75) is 33.8 Å². The Bertz CT molecular complexity index is 423. The smallest absolute Gasteiger partial charge is 0.0991 e. The molecule has 3 heteroatoms. The molecule has 1 unspecified atom stereocenters. The number of aliphatic hydroxyl groups is 1. The fraction of sp³-hybridized carbons (Fsp3) is 0.588. The van der Waals surface area contributed by atoms with Crippen LogP contribution in [0.4, 0.5) is 0 Å². The first-order valence-electron chi connectivity index (χ1n) is 7.34. The maximum atomic E-state index is 10.1. The summed E-state index contributed by atoms with van der Waals surface area (Å²) in [5.74, 6) is 1.88. The Morgan fingerprint density at radius 1 is 1.05 bits per heavy atom. The molecule has 1 rings (SSSR count). The van der Waals surface area contributed by atoms with Crippen LogP contribution in [0.2, 0.25) is 0 Å². The average Bonchev–Trinajstić information content (AvgIpc) is 2.42. The summed E-state index contributed by atoms with van der Waals surface area (Å²) in [4.78, 5) is 0. The Morgan fingerprint density at radius 3 is 2.05 bits per heavy atom. The van der Waals surface area contributed by atoms with Crippen LogP contribution < -0.4 is 5.32 Å².